The molecule has 0 radical (unpaired) electrons. The zero-order chi connectivity index (χ0) is 33.5. The summed E-state index contributed by atoms with van der Waals surface area (Å²) >= 11 is 0. The smallest absolute Gasteiger partial charge is 0.406 e. The molecule has 0 aliphatic carbocycles. The third-order valence-electron chi connectivity index (χ3n) is 8.33. The van der Waals surface area contributed by atoms with Crippen molar-refractivity contribution in [1.29, 1.82) is 5.26 Å². The Labute approximate surface area is 269 Å². The van der Waals surface area contributed by atoms with E-state index in [1.165, 1.54) is 18.2 Å². The largest absolute Gasteiger partial charge is 0.456 e. The highest BCUT2D eigenvalue weighted by Gasteiger charge is 2.32. The minimum atomic E-state index is -4.48. The molecular weight excluding hydrogens is 612 g/mol. The van der Waals surface area contributed by atoms with Gasteiger partial charge in [0.15, 0.2) is 0 Å². The van der Waals surface area contributed by atoms with Crippen LogP contribution in [-0.4, -0.2) is 54.8 Å². The van der Waals surface area contributed by atoms with E-state index in [0.717, 1.165) is 34.1 Å². The second kappa shape index (κ2) is 12.4. The van der Waals surface area contributed by atoms with Crippen LogP contribution in [0, 0.1) is 17.1 Å². The number of nitriles is 1. The number of carbonyl (C=O) groups excluding carboxylic acids is 1. The van der Waals surface area contributed by atoms with Crippen LogP contribution in [-0.2, 0) is 24.4 Å². The van der Waals surface area contributed by atoms with Crippen LogP contribution in [0.2, 0.25) is 0 Å². The second-order valence-corrected chi connectivity index (χ2v) is 13.0. The van der Waals surface area contributed by atoms with E-state index in [9.17, 15) is 22.4 Å². The zero-order valence-corrected chi connectivity index (χ0v) is 26.3. The molecule has 6 rings (SSSR count). The van der Waals surface area contributed by atoms with Gasteiger partial charge < -0.3 is 13.9 Å². The van der Waals surface area contributed by atoms with Gasteiger partial charge in [0.05, 0.1) is 41.3 Å². The number of halogens is 4. The third-order valence-corrected chi connectivity index (χ3v) is 8.33. The predicted molar refractivity (Wildman–Crippen MR) is 168 cm³/mol. The van der Waals surface area contributed by atoms with Crippen molar-refractivity contribution >= 4 is 28.0 Å². The molecule has 8 nitrogen and oxygen atoms in total. The first kappa shape index (κ1) is 32.2. The second-order valence-electron chi connectivity index (χ2n) is 13.0. The van der Waals surface area contributed by atoms with Crippen molar-refractivity contribution in [3.8, 4) is 6.07 Å². The maximum atomic E-state index is 14.6. The number of benzene rings is 2. The molecule has 12 heteroatoms. The molecular formula is C35H34F4N6O2. The van der Waals surface area contributed by atoms with Gasteiger partial charge >= 0.3 is 12.1 Å². The fraction of sp³-hybridized carbons (Fsp3) is 0.371. The van der Waals surface area contributed by atoms with Gasteiger partial charge in [-0.05, 0) is 95.2 Å². The van der Waals surface area contributed by atoms with Crippen LogP contribution < -0.4 is 0 Å². The summed E-state index contributed by atoms with van der Waals surface area (Å²) in [5.41, 5.74) is 2.41. The molecule has 0 amide bonds. The molecule has 0 bridgehead atoms. The first-order chi connectivity index (χ1) is 22.3. The molecule has 4 heterocycles. The molecule has 47 heavy (non-hydrogen) atoms. The Morgan fingerprint density at radius 2 is 1.77 bits per heavy atom. The number of imidazole rings is 1. The third kappa shape index (κ3) is 7.30. The minimum Gasteiger partial charge on any atom is -0.456 e. The van der Waals surface area contributed by atoms with Crippen molar-refractivity contribution < 1.29 is 27.1 Å². The van der Waals surface area contributed by atoms with E-state index in [4.69, 9.17) is 15.0 Å². The molecule has 5 aromatic rings. The average molecular weight is 647 g/mol. The maximum absolute atomic E-state index is 14.6. The fourth-order valence-corrected chi connectivity index (χ4v) is 6.06. The highest BCUT2D eigenvalue weighted by Crippen LogP contribution is 2.31. The lowest BCUT2D eigenvalue weighted by Gasteiger charge is -2.31. The number of carbonyl (C=O) groups is 1. The zero-order valence-electron chi connectivity index (χ0n) is 26.3. The summed E-state index contributed by atoms with van der Waals surface area (Å²) in [4.78, 5) is 24.2. The van der Waals surface area contributed by atoms with Crippen LogP contribution in [0.25, 0.3) is 22.1 Å². The number of ether oxygens (including phenoxy) is 1. The fourth-order valence-electron chi connectivity index (χ4n) is 6.06. The van der Waals surface area contributed by atoms with Gasteiger partial charge in [-0.2, -0.15) is 18.4 Å². The summed E-state index contributed by atoms with van der Waals surface area (Å²) < 4.78 is 64.2. The highest BCUT2D eigenvalue weighted by atomic mass is 19.4. The van der Waals surface area contributed by atoms with E-state index in [1.807, 2.05) is 35.0 Å². The quantitative estimate of drug-likeness (QED) is 0.136. The van der Waals surface area contributed by atoms with E-state index < -0.39 is 30.1 Å². The summed E-state index contributed by atoms with van der Waals surface area (Å²) in [7, 11) is 0. The summed E-state index contributed by atoms with van der Waals surface area (Å²) in [6, 6.07) is 16.8. The summed E-state index contributed by atoms with van der Waals surface area (Å²) in [5, 5.41) is 9.97. The highest BCUT2D eigenvalue weighted by molar-refractivity contribution is 5.94. The van der Waals surface area contributed by atoms with Gasteiger partial charge in [0.2, 0.25) is 0 Å². The van der Waals surface area contributed by atoms with E-state index in [0.29, 0.717) is 24.2 Å². The summed E-state index contributed by atoms with van der Waals surface area (Å²) in [6.07, 6.45) is -1.10. The Bertz CT molecular complexity index is 1990. The summed E-state index contributed by atoms with van der Waals surface area (Å²) in [6.45, 7) is 5.74. The van der Waals surface area contributed by atoms with Gasteiger partial charge in [0, 0.05) is 28.8 Å². The Hall–Kier alpha value is -4.76. The lowest BCUT2D eigenvalue weighted by molar-refractivity contribution is -0.140. The molecule has 0 unspecified atom stereocenters. The van der Waals surface area contributed by atoms with Gasteiger partial charge in [0.25, 0.3) is 0 Å². The van der Waals surface area contributed by atoms with E-state index in [1.54, 1.807) is 39.0 Å². The van der Waals surface area contributed by atoms with E-state index in [2.05, 4.69) is 9.88 Å². The van der Waals surface area contributed by atoms with Gasteiger partial charge in [-0.1, -0.05) is 6.07 Å². The normalized spacial score (nSPS) is 14.9. The van der Waals surface area contributed by atoms with Gasteiger partial charge in [-0.3, -0.25) is 4.90 Å². The summed E-state index contributed by atoms with van der Waals surface area (Å²) in [5.74, 6) is -0.620. The number of esters is 1. The van der Waals surface area contributed by atoms with Crippen LogP contribution in [0.4, 0.5) is 17.6 Å². The van der Waals surface area contributed by atoms with E-state index >= 15 is 0 Å². The van der Waals surface area contributed by atoms with Crippen molar-refractivity contribution in [2.45, 2.75) is 70.9 Å². The van der Waals surface area contributed by atoms with Crippen molar-refractivity contribution in [2.75, 3.05) is 13.1 Å². The Morgan fingerprint density at radius 1 is 1.00 bits per heavy atom. The number of hydrogen-bond donors (Lipinski definition) is 0. The Balaban J connectivity index is 1.18. The molecule has 1 saturated heterocycles. The molecule has 244 valence electrons. The number of fused-ring (bicyclic) bond motifs is 2. The monoisotopic (exact) mass is 646 g/mol. The number of alkyl halides is 3. The molecule has 0 N–H and O–H groups in total. The molecule has 0 saturated carbocycles. The van der Waals surface area contributed by atoms with E-state index in [-0.39, 0.29) is 41.5 Å². The van der Waals surface area contributed by atoms with Gasteiger partial charge in [0.1, 0.15) is 29.4 Å². The minimum absolute atomic E-state index is 0.149. The van der Waals surface area contributed by atoms with Crippen LogP contribution in [0.5, 0.6) is 0 Å². The van der Waals surface area contributed by atoms with Gasteiger partial charge in [-0.15, -0.1) is 0 Å². The number of pyridine rings is 1. The standard InChI is InChI=1S/C35H34F4N6O2/c1-34(2,3)47-33(46)25-7-9-29-30(17-25)45(21-35(37,38)39)31(41-29)20-43-13-10-23(11-14-43)28-8-6-24-12-15-44(32(24)42-28)19-26-5-4-22(18-40)16-27(26)36/h4-9,12,15-17,23H,10-11,13-14,19-21H2,1-3H3. The van der Waals surface area contributed by atoms with Crippen LogP contribution in [0.15, 0.2) is 60.8 Å². The van der Waals surface area contributed by atoms with Gasteiger partial charge in [-0.25, -0.2) is 19.2 Å². The molecule has 2 aromatic carbocycles. The molecule has 1 aliphatic rings. The van der Waals surface area contributed by atoms with Crippen LogP contribution >= 0.6 is 0 Å². The number of rotatable bonds is 7. The Kier molecular flexibility index (Phi) is 8.53. The van der Waals surface area contributed by atoms with Crippen molar-refractivity contribution in [2.24, 2.45) is 0 Å². The van der Waals surface area contributed by atoms with Crippen molar-refractivity contribution in [1.82, 2.24) is 24.0 Å². The topological polar surface area (TPSA) is 89.0 Å². The van der Waals surface area contributed by atoms with Crippen LogP contribution in [0.1, 0.15) is 72.5 Å². The molecule has 1 fully saturated rings. The molecule has 3 aromatic heterocycles. The average Bonchev–Trinajstić information content (AvgIpc) is 3.56. The lowest BCUT2D eigenvalue weighted by atomic mass is 9.93. The predicted octanol–water partition coefficient (Wildman–Crippen LogP) is 7.34. The Morgan fingerprint density at radius 3 is 2.45 bits per heavy atom. The first-order valence-corrected chi connectivity index (χ1v) is 15.4. The SMILES string of the molecule is CC(C)(C)OC(=O)c1ccc2nc(CN3CCC(c4ccc5ccn(Cc6ccc(C#N)cc6F)c5n4)CC3)n(CC(F)(F)F)c2c1. The molecule has 1 aliphatic heterocycles. The van der Waals surface area contributed by atoms with Crippen molar-refractivity contribution in [3.63, 3.8) is 0 Å². The number of piperidine rings is 1. The molecule has 0 spiro atoms. The lowest BCUT2D eigenvalue weighted by Crippen LogP contribution is -2.34. The van der Waals surface area contributed by atoms with Crippen molar-refractivity contribution in [3.05, 3.63) is 94.8 Å². The number of hydrogen-bond acceptors (Lipinski definition) is 6. The maximum Gasteiger partial charge on any atom is 0.406 e. The number of nitrogens with zero attached hydrogens (tertiary/aromatic N) is 6. The molecule has 0 atom stereocenters. The first-order valence-electron chi connectivity index (χ1n) is 15.4. The number of aromatic nitrogens is 4. The van der Waals surface area contributed by atoms with Crippen LogP contribution in [0.3, 0.4) is 0 Å². The number of likely N-dealkylation sites (tertiary alicyclic amines) is 1.